The molecule has 0 spiro atoms. The first-order chi connectivity index (χ1) is 15.0. The molecule has 0 saturated carbocycles. The lowest BCUT2D eigenvalue weighted by atomic mass is 9.83. The van der Waals surface area contributed by atoms with Crippen LogP contribution in [-0.2, 0) is 9.53 Å². The fraction of sp³-hybridized carbons (Fsp3) is 0.0833. The quantitative estimate of drug-likeness (QED) is 0.380. The maximum atomic E-state index is 13.0. The molecule has 0 unspecified atom stereocenters. The first-order valence-corrected chi connectivity index (χ1v) is 10.6. The molecular formula is C24H17NO5S. The highest BCUT2D eigenvalue weighted by Crippen LogP contribution is 2.32. The highest BCUT2D eigenvalue weighted by Gasteiger charge is 2.31. The Morgan fingerprint density at radius 3 is 2.23 bits per heavy atom. The lowest BCUT2D eigenvalue weighted by molar-refractivity contribution is -0.119. The molecule has 7 heteroatoms. The molecule has 1 aliphatic rings. The second-order valence-electron chi connectivity index (χ2n) is 6.76. The molecule has 4 rings (SSSR count). The number of nitrogens with one attached hydrogen (secondary N) is 1. The average Bonchev–Trinajstić information content (AvgIpc) is 2.81. The molecule has 1 aliphatic carbocycles. The van der Waals surface area contributed by atoms with Gasteiger partial charge in [0.15, 0.2) is 18.2 Å². The summed E-state index contributed by atoms with van der Waals surface area (Å²) in [5.74, 6) is -1.84. The minimum atomic E-state index is -0.615. The topological polar surface area (TPSA) is 89.5 Å². The van der Waals surface area contributed by atoms with Gasteiger partial charge < -0.3 is 10.1 Å². The lowest BCUT2D eigenvalue weighted by Gasteiger charge is -2.20. The molecular weight excluding hydrogens is 414 g/mol. The molecule has 0 aliphatic heterocycles. The maximum Gasteiger partial charge on any atom is 0.339 e. The van der Waals surface area contributed by atoms with Crippen LogP contribution in [0.3, 0.4) is 0 Å². The summed E-state index contributed by atoms with van der Waals surface area (Å²) in [7, 11) is 0. The number of amides is 1. The molecule has 0 atom stereocenters. The Bertz CT molecular complexity index is 1230. The van der Waals surface area contributed by atoms with E-state index >= 15 is 0 Å². The normalized spacial score (nSPS) is 12.0. The van der Waals surface area contributed by atoms with Crippen molar-refractivity contribution < 1.29 is 23.9 Å². The summed E-state index contributed by atoms with van der Waals surface area (Å²) in [5, 5.41) is 2.59. The van der Waals surface area contributed by atoms with Crippen molar-refractivity contribution in [3.05, 3.63) is 94.5 Å². The first-order valence-electron chi connectivity index (χ1n) is 9.42. The van der Waals surface area contributed by atoms with Crippen molar-refractivity contribution in [3.8, 4) is 0 Å². The SMILES string of the molecule is CSc1ccccc1C(=O)OCC(=O)Nc1cccc2c1C(=O)c1ccccc1C2=O. The van der Waals surface area contributed by atoms with Crippen molar-refractivity contribution in [2.75, 3.05) is 18.2 Å². The Hall–Kier alpha value is -3.71. The summed E-state index contributed by atoms with van der Waals surface area (Å²) >= 11 is 1.40. The van der Waals surface area contributed by atoms with E-state index in [0.29, 0.717) is 16.7 Å². The molecule has 0 saturated heterocycles. The van der Waals surface area contributed by atoms with Crippen molar-refractivity contribution in [2.24, 2.45) is 0 Å². The molecule has 3 aromatic rings. The summed E-state index contributed by atoms with van der Waals surface area (Å²) in [6.45, 7) is -0.524. The third-order valence-electron chi connectivity index (χ3n) is 4.89. The maximum absolute atomic E-state index is 13.0. The number of benzene rings is 3. The van der Waals surface area contributed by atoms with Gasteiger partial charge in [-0.05, 0) is 24.5 Å². The lowest BCUT2D eigenvalue weighted by Crippen LogP contribution is -2.26. The Balaban J connectivity index is 1.52. The van der Waals surface area contributed by atoms with Crippen LogP contribution >= 0.6 is 11.8 Å². The smallest absolute Gasteiger partial charge is 0.339 e. The second kappa shape index (κ2) is 8.57. The zero-order valence-electron chi connectivity index (χ0n) is 16.5. The van der Waals surface area contributed by atoms with E-state index in [1.807, 2.05) is 12.3 Å². The van der Waals surface area contributed by atoms with Crippen molar-refractivity contribution in [2.45, 2.75) is 4.90 Å². The Morgan fingerprint density at radius 2 is 1.48 bits per heavy atom. The minimum absolute atomic E-state index is 0.138. The van der Waals surface area contributed by atoms with Gasteiger partial charge in [-0.1, -0.05) is 48.5 Å². The fourth-order valence-corrected chi connectivity index (χ4v) is 4.04. The molecule has 0 bridgehead atoms. The summed E-state index contributed by atoms with van der Waals surface area (Å²) in [6, 6.07) is 18.2. The highest BCUT2D eigenvalue weighted by molar-refractivity contribution is 7.98. The van der Waals surface area contributed by atoms with Crippen LogP contribution in [0.5, 0.6) is 0 Å². The molecule has 1 N–H and O–H groups in total. The Labute approximate surface area is 182 Å². The number of ether oxygens (including phenoxy) is 1. The molecule has 6 nitrogen and oxygen atoms in total. The average molecular weight is 431 g/mol. The van der Waals surface area contributed by atoms with Gasteiger partial charge in [0, 0.05) is 21.6 Å². The van der Waals surface area contributed by atoms with Crippen LogP contribution in [-0.4, -0.2) is 36.3 Å². The van der Waals surface area contributed by atoms with Crippen LogP contribution in [0, 0.1) is 0 Å². The van der Waals surface area contributed by atoms with Gasteiger partial charge in [-0.2, -0.15) is 0 Å². The van der Waals surface area contributed by atoms with Gasteiger partial charge in [-0.3, -0.25) is 14.4 Å². The summed E-state index contributed by atoms with van der Waals surface area (Å²) in [6.07, 6.45) is 1.84. The number of fused-ring (bicyclic) bond motifs is 2. The van der Waals surface area contributed by atoms with Crippen LogP contribution in [0.1, 0.15) is 42.2 Å². The number of rotatable bonds is 5. The monoisotopic (exact) mass is 431 g/mol. The number of carbonyl (C=O) groups is 4. The number of hydrogen-bond acceptors (Lipinski definition) is 6. The molecule has 0 radical (unpaired) electrons. The molecule has 0 heterocycles. The summed E-state index contributed by atoms with van der Waals surface area (Å²) in [5.41, 5.74) is 1.57. The fourth-order valence-electron chi connectivity index (χ4n) is 3.46. The number of anilines is 1. The van der Waals surface area contributed by atoms with Crippen LogP contribution in [0.4, 0.5) is 5.69 Å². The number of thioether (sulfide) groups is 1. The van der Waals surface area contributed by atoms with Gasteiger partial charge in [0.2, 0.25) is 0 Å². The molecule has 3 aromatic carbocycles. The molecule has 31 heavy (non-hydrogen) atoms. The van der Waals surface area contributed by atoms with Crippen molar-refractivity contribution >= 4 is 40.9 Å². The van der Waals surface area contributed by atoms with E-state index in [-0.39, 0.29) is 28.4 Å². The standard InChI is InChI=1S/C24H17NO5S/c1-31-19-12-5-4-9-16(19)24(29)30-13-20(26)25-18-11-6-10-17-21(18)23(28)15-8-3-2-7-14(15)22(17)27/h2-12H,13H2,1H3,(H,25,26). The van der Waals surface area contributed by atoms with Gasteiger partial charge in [-0.15, -0.1) is 11.8 Å². The highest BCUT2D eigenvalue weighted by atomic mass is 32.2. The van der Waals surface area contributed by atoms with Gasteiger partial charge >= 0.3 is 5.97 Å². The van der Waals surface area contributed by atoms with E-state index in [1.54, 1.807) is 60.7 Å². The number of hydrogen-bond donors (Lipinski definition) is 1. The first kappa shape index (κ1) is 20.6. The minimum Gasteiger partial charge on any atom is -0.452 e. The zero-order valence-corrected chi connectivity index (χ0v) is 17.3. The number of carbonyl (C=O) groups excluding carboxylic acids is 4. The van der Waals surface area contributed by atoms with E-state index < -0.39 is 18.5 Å². The Morgan fingerprint density at radius 1 is 0.839 bits per heavy atom. The number of ketones is 2. The zero-order chi connectivity index (χ0) is 22.0. The van der Waals surface area contributed by atoms with E-state index in [2.05, 4.69) is 5.32 Å². The van der Waals surface area contributed by atoms with E-state index in [0.717, 1.165) is 4.90 Å². The summed E-state index contributed by atoms with van der Waals surface area (Å²) < 4.78 is 5.14. The van der Waals surface area contributed by atoms with Crippen LogP contribution in [0.15, 0.2) is 71.6 Å². The van der Waals surface area contributed by atoms with Crippen LogP contribution < -0.4 is 5.32 Å². The molecule has 0 aromatic heterocycles. The predicted octanol–water partition coefficient (Wildman–Crippen LogP) is 3.98. The van der Waals surface area contributed by atoms with Gasteiger partial charge in [0.1, 0.15) is 0 Å². The molecule has 1 amide bonds. The van der Waals surface area contributed by atoms with Gasteiger partial charge in [0.25, 0.3) is 5.91 Å². The number of esters is 1. The predicted molar refractivity (Wildman–Crippen MR) is 117 cm³/mol. The van der Waals surface area contributed by atoms with E-state index in [9.17, 15) is 19.2 Å². The van der Waals surface area contributed by atoms with Gasteiger partial charge in [-0.25, -0.2) is 4.79 Å². The largest absolute Gasteiger partial charge is 0.452 e. The van der Waals surface area contributed by atoms with Crippen molar-refractivity contribution in [3.63, 3.8) is 0 Å². The second-order valence-corrected chi connectivity index (χ2v) is 7.60. The molecule has 154 valence electrons. The van der Waals surface area contributed by atoms with Crippen molar-refractivity contribution in [1.29, 1.82) is 0 Å². The van der Waals surface area contributed by atoms with Gasteiger partial charge in [0.05, 0.1) is 16.8 Å². The Kier molecular flexibility index (Phi) is 5.68. The third-order valence-corrected chi connectivity index (χ3v) is 5.68. The van der Waals surface area contributed by atoms with E-state index in [1.165, 1.54) is 11.8 Å². The van der Waals surface area contributed by atoms with Crippen LogP contribution in [0.25, 0.3) is 0 Å². The van der Waals surface area contributed by atoms with Crippen molar-refractivity contribution in [1.82, 2.24) is 0 Å². The molecule has 0 fully saturated rings. The summed E-state index contributed by atoms with van der Waals surface area (Å²) in [4.78, 5) is 51.3. The third kappa shape index (κ3) is 3.87. The van der Waals surface area contributed by atoms with E-state index in [4.69, 9.17) is 4.74 Å². The van der Waals surface area contributed by atoms with Crippen LogP contribution in [0.2, 0.25) is 0 Å².